The van der Waals surface area contributed by atoms with E-state index in [0.717, 1.165) is 21.8 Å². The Balaban J connectivity index is 1.66. The Bertz CT molecular complexity index is 1000. The molecule has 140 valence electrons. The third kappa shape index (κ3) is 5.59. The van der Waals surface area contributed by atoms with E-state index in [1.165, 1.54) is 23.5 Å². The van der Waals surface area contributed by atoms with Gasteiger partial charge in [-0.2, -0.15) is 5.26 Å². The predicted molar refractivity (Wildman–Crippen MR) is 114 cm³/mol. The van der Waals surface area contributed by atoms with Crippen LogP contribution in [0.15, 0.2) is 70.7 Å². The first-order valence-electron chi connectivity index (χ1n) is 8.58. The minimum Gasteiger partial charge on any atom is -0.324 e. The summed E-state index contributed by atoms with van der Waals surface area (Å²) in [6.45, 7) is 1.92. The van der Waals surface area contributed by atoms with Gasteiger partial charge < -0.3 is 5.32 Å². The Morgan fingerprint density at radius 2 is 1.82 bits per heavy atom. The number of amides is 1. The summed E-state index contributed by atoms with van der Waals surface area (Å²) in [6, 6.07) is 21.4. The van der Waals surface area contributed by atoms with E-state index in [1.54, 1.807) is 0 Å². The highest BCUT2D eigenvalue weighted by Gasteiger charge is 2.10. The molecule has 1 heterocycles. The average molecular weight is 407 g/mol. The molecule has 0 atom stereocenters. The topological polar surface area (TPSA) is 78.7 Å². The van der Waals surface area contributed by atoms with Gasteiger partial charge in [0.15, 0.2) is 5.16 Å². The number of carbonyl (C=O) groups excluding carboxylic acids is 1. The normalized spacial score (nSPS) is 10.3. The molecule has 0 spiro atoms. The number of thioether (sulfide) groups is 2. The van der Waals surface area contributed by atoms with Crippen LogP contribution in [0.1, 0.15) is 5.69 Å². The lowest BCUT2D eigenvalue weighted by atomic mass is 10.1. The fourth-order valence-electron chi connectivity index (χ4n) is 2.48. The fraction of sp³-hybridized carbons (Fsp3) is 0.143. The van der Waals surface area contributed by atoms with E-state index >= 15 is 0 Å². The van der Waals surface area contributed by atoms with Crippen molar-refractivity contribution in [1.29, 1.82) is 5.26 Å². The average Bonchev–Trinajstić information content (AvgIpc) is 2.72. The van der Waals surface area contributed by atoms with Crippen LogP contribution in [0.2, 0.25) is 0 Å². The Kier molecular flexibility index (Phi) is 7.06. The Labute approximate surface area is 172 Å². The van der Waals surface area contributed by atoms with Gasteiger partial charge in [-0.3, -0.25) is 4.79 Å². The second kappa shape index (κ2) is 9.93. The van der Waals surface area contributed by atoms with E-state index in [-0.39, 0.29) is 11.7 Å². The molecule has 0 saturated carbocycles. The van der Waals surface area contributed by atoms with Crippen molar-refractivity contribution >= 4 is 35.1 Å². The lowest BCUT2D eigenvalue weighted by Crippen LogP contribution is -2.15. The van der Waals surface area contributed by atoms with Gasteiger partial charge in [0, 0.05) is 16.2 Å². The number of rotatable bonds is 7. The Hall–Kier alpha value is -2.82. The van der Waals surface area contributed by atoms with E-state index in [9.17, 15) is 4.79 Å². The van der Waals surface area contributed by atoms with Crippen molar-refractivity contribution in [2.45, 2.75) is 17.0 Å². The second-order valence-corrected chi connectivity index (χ2v) is 7.78. The zero-order valence-corrected chi connectivity index (χ0v) is 16.9. The number of hydrogen-bond acceptors (Lipinski definition) is 6. The van der Waals surface area contributed by atoms with E-state index < -0.39 is 0 Å². The molecule has 28 heavy (non-hydrogen) atoms. The molecule has 1 amide bonds. The van der Waals surface area contributed by atoms with Gasteiger partial charge in [0.1, 0.15) is 0 Å². The zero-order valence-electron chi connectivity index (χ0n) is 15.3. The number of hydrogen-bond donors (Lipinski definition) is 1. The predicted octanol–water partition coefficient (Wildman–Crippen LogP) is 4.80. The maximum atomic E-state index is 12.4. The molecule has 0 saturated heterocycles. The number of anilines is 1. The summed E-state index contributed by atoms with van der Waals surface area (Å²) in [5.74, 6) is 0.400. The van der Waals surface area contributed by atoms with E-state index in [0.29, 0.717) is 16.6 Å². The molecule has 2 aromatic carbocycles. The number of carbonyl (C=O) groups is 1. The summed E-state index contributed by atoms with van der Waals surface area (Å²) < 4.78 is 0. The lowest BCUT2D eigenvalue weighted by Gasteiger charge is -2.10. The van der Waals surface area contributed by atoms with Crippen molar-refractivity contribution < 1.29 is 4.79 Å². The van der Waals surface area contributed by atoms with E-state index in [1.807, 2.05) is 67.6 Å². The molecule has 0 bridgehead atoms. The van der Waals surface area contributed by atoms with Gasteiger partial charge >= 0.3 is 0 Å². The smallest absolute Gasteiger partial charge is 0.234 e. The minimum atomic E-state index is -0.138. The first-order valence-corrected chi connectivity index (χ1v) is 10.6. The molecule has 7 heteroatoms. The third-order valence-corrected chi connectivity index (χ3v) is 5.48. The largest absolute Gasteiger partial charge is 0.324 e. The summed E-state index contributed by atoms with van der Waals surface area (Å²) in [5.41, 5.74) is 3.43. The number of benzene rings is 2. The van der Waals surface area contributed by atoms with Crippen molar-refractivity contribution in [2.24, 2.45) is 0 Å². The molecule has 3 rings (SSSR count). The van der Waals surface area contributed by atoms with Gasteiger partial charge in [-0.1, -0.05) is 54.2 Å². The molecule has 0 aliphatic heterocycles. The van der Waals surface area contributed by atoms with Gasteiger partial charge in [0.25, 0.3) is 0 Å². The quantitative estimate of drug-likeness (QED) is 0.449. The van der Waals surface area contributed by atoms with Gasteiger partial charge in [-0.25, -0.2) is 9.97 Å². The highest BCUT2D eigenvalue weighted by Crippen LogP contribution is 2.27. The van der Waals surface area contributed by atoms with Gasteiger partial charge in [0.2, 0.25) is 5.91 Å². The van der Waals surface area contributed by atoms with Crippen molar-refractivity contribution in [2.75, 3.05) is 16.8 Å². The van der Waals surface area contributed by atoms with Crippen LogP contribution in [-0.4, -0.2) is 27.4 Å². The van der Waals surface area contributed by atoms with Crippen molar-refractivity contribution in [3.05, 3.63) is 66.4 Å². The SMILES string of the molecule is Cc1cc(-c2ccccc2)nc(SCC(=O)Nc2ccccc2SCC#N)n1. The van der Waals surface area contributed by atoms with Crippen molar-refractivity contribution in [1.82, 2.24) is 9.97 Å². The van der Waals surface area contributed by atoms with Crippen molar-refractivity contribution in [3.63, 3.8) is 0 Å². The van der Waals surface area contributed by atoms with E-state index in [2.05, 4.69) is 21.4 Å². The Morgan fingerprint density at radius 1 is 1.07 bits per heavy atom. The lowest BCUT2D eigenvalue weighted by molar-refractivity contribution is -0.113. The van der Waals surface area contributed by atoms with Crippen LogP contribution in [0.4, 0.5) is 5.69 Å². The van der Waals surface area contributed by atoms with Crippen LogP contribution < -0.4 is 5.32 Å². The molecule has 1 aromatic heterocycles. The van der Waals surface area contributed by atoms with Crippen LogP contribution in [0.25, 0.3) is 11.3 Å². The number of aromatic nitrogens is 2. The van der Waals surface area contributed by atoms with Crippen LogP contribution in [-0.2, 0) is 4.79 Å². The van der Waals surface area contributed by atoms with Gasteiger partial charge in [-0.05, 0) is 25.1 Å². The first-order chi connectivity index (χ1) is 13.7. The number of aryl methyl sites for hydroxylation is 1. The van der Waals surface area contributed by atoms with Crippen LogP contribution in [0.5, 0.6) is 0 Å². The molecule has 0 unspecified atom stereocenters. The maximum absolute atomic E-state index is 12.4. The van der Waals surface area contributed by atoms with E-state index in [4.69, 9.17) is 5.26 Å². The maximum Gasteiger partial charge on any atom is 0.234 e. The van der Waals surface area contributed by atoms with Crippen molar-refractivity contribution in [3.8, 4) is 17.3 Å². The number of nitrogens with zero attached hydrogens (tertiary/aromatic N) is 3. The summed E-state index contributed by atoms with van der Waals surface area (Å²) in [7, 11) is 0. The monoisotopic (exact) mass is 406 g/mol. The summed E-state index contributed by atoms with van der Waals surface area (Å²) in [6.07, 6.45) is 0. The molecular formula is C21H18N4OS2. The Morgan fingerprint density at radius 3 is 2.61 bits per heavy atom. The van der Waals surface area contributed by atoms with Crippen LogP contribution in [0, 0.1) is 18.3 Å². The summed E-state index contributed by atoms with van der Waals surface area (Å²) in [5, 5.41) is 12.2. The third-order valence-electron chi connectivity index (χ3n) is 3.69. The molecular weight excluding hydrogens is 388 g/mol. The molecule has 0 aliphatic rings. The number of nitrogens with one attached hydrogen (secondary N) is 1. The molecule has 0 radical (unpaired) electrons. The zero-order chi connectivity index (χ0) is 19.8. The molecule has 0 aliphatic carbocycles. The van der Waals surface area contributed by atoms with Gasteiger partial charge in [0.05, 0.1) is 29.0 Å². The second-order valence-electron chi connectivity index (χ2n) is 5.82. The van der Waals surface area contributed by atoms with Crippen LogP contribution >= 0.6 is 23.5 Å². The first kappa shape index (κ1) is 19.9. The number of para-hydroxylation sites is 1. The molecule has 5 nitrogen and oxygen atoms in total. The molecule has 0 fully saturated rings. The summed E-state index contributed by atoms with van der Waals surface area (Å²) in [4.78, 5) is 22.3. The molecule has 3 aromatic rings. The fourth-order valence-corrected chi connectivity index (χ4v) is 3.86. The highest BCUT2D eigenvalue weighted by atomic mass is 32.2. The van der Waals surface area contributed by atoms with Crippen LogP contribution in [0.3, 0.4) is 0 Å². The molecule has 1 N–H and O–H groups in total. The standard InChI is InChI=1S/C21H18N4OS2/c1-15-13-18(16-7-3-2-4-8-16)25-21(23-15)28-14-20(26)24-17-9-5-6-10-19(17)27-12-11-22/h2-10,13H,12,14H2,1H3,(H,24,26). The highest BCUT2D eigenvalue weighted by molar-refractivity contribution is 8.00. The summed E-state index contributed by atoms with van der Waals surface area (Å²) >= 11 is 2.70. The van der Waals surface area contributed by atoms with Gasteiger partial charge in [-0.15, -0.1) is 11.8 Å². The number of nitriles is 1. The minimum absolute atomic E-state index is 0.138.